The van der Waals surface area contributed by atoms with Gasteiger partial charge in [-0.2, -0.15) is 0 Å². The van der Waals surface area contributed by atoms with Crippen LogP contribution in [-0.2, 0) is 0 Å². The number of hydrogen-bond acceptors (Lipinski definition) is 2. The molecule has 0 aromatic heterocycles. The van der Waals surface area contributed by atoms with Crippen molar-refractivity contribution in [2.45, 2.75) is 64.2 Å². The second kappa shape index (κ2) is 13.3. The van der Waals surface area contributed by atoms with Gasteiger partial charge in [-0.3, -0.25) is 0 Å². The quantitative estimate of drug-likeness (QED) is 0.340. The average Bonchev–Trinajstić information content (AvgIpc) is 2.48. The molecule has 0 atom stereocenters. The van der Waals surface area contributed by atoms with Crippen molar-refractivity contribution >= 4 is 14.8 Å². The average molecular weight is 334 g/mol. The summed E-state index contributed by atoms with van der Waals surface area (Å²) in [6.45, 7) is 2.35. The molecule has 0 radical (unpaired) electrons. The molecular formula is C18H40B2N4. The maximum absolute atomic E-state index is 8.82. The summed E-state index contributed by atoms with van der Waals surface area (Å²) < 4.78 is 1.92. The van der Waals surface area contributed by atoms with Gasteiger partial charge in [0.05, 0.1) is 0 Å². The molecule has 0 aliphatic rings. The zero-order valence-corrected chi connectivity index (χ0v) is 17.3. The van der Waals surface area contributed by atoms with E-state index in [2.05, 4.69) is 40.1 Å². The lowest BCUT2D eigenvalue weighted by atomic mass is 9.91. The zero-order valence-electron chi connectivity index (χ0n) is 17.3. The Labute approximate surface area is 152 Å². The summed E-state index contributed by atoms with van der Waals surface area (Å²) in [5.74, 6) is 4.79. The first-order valence-corrected chi connectivity index (χ1v) is 10.3. The molecule has 0 bridgehead atoms. The minimum atomic E-state index is -0.471. The first-order chi connectivity index (χ1) is 11.3. The SMILES string of the molecule is C[N+](C)([BH2-]C#N)CCCCCCCCCCCC[N+](C)(C)[BH2-]C#N. The fourth-order valence-electron chi connectivity index (χ4n) is 3.35. The number of quaternary nitrogens is 2. The molecule has 0 aliphatic heterocycles. The van der Waals surface area contributed by atoms with Crippen LogP contribution in [0.3, 0.4) is 0 Å². The van der Waals surface area contributed by atoms with Gasteiger partial charge < -0.3 is 8.79 Å². The predicted octanol–water partition coefficient (Wildman–Crippen LogP) is 2.17. The molecule has 0 aromatic carbocycles. The highest BCUT2D eigenvalue weighted by molar-refractivity contribution is 6.36. The first kappa shape index (κ1) is 23.0. The Balaban J connectivity index is 3.32. The van der Waals surface area contributed by atoms with Crippen molar-refractivity contribution in [1.29, 1.82) is 10.5 Å². The molecular weight excluding hydrogens is 294 g/mol. The summed E-state index contributed by atoms with van der Waals surface area (Å²) in [6, 6.07) is 0. The van der Waals surface area contributed by atoms with Crippen LogP contribution in [0.15, 0.2) is 0 Å². The lowest BCUT2D eigenvalue weighted by Gasteiger charge is -2.36. The molecule has 0 aromatic rings. The maximum Gasteiger partial charge on any atom is 0.281 e. The fourth-order valence-corrected chi connectivity index (χ4v) is 3.35. The van der Waals surface area contributed by atoms with E-state index in [1.165, 1.54) is 77.3 Å². The molecule has 6 heteroatoms. The Morgan fingerprint density at radius 2 is 0.792 bits per heavy atom. The van der Waals surface area contributed by atoms with Gasteiger partial charge in [-0.05, 0) is 25.7 Å². The third-order valence-electron chi connectivity index (χ3n) is 5.32. The molecule has 0 saturated carbocycles. The van der Waals surface area contributed by atoms with Crippen molar-refractivity contribution in [1.82, 2.24) is 0 Å². The Hall–Kier alpha value is -0.970. The van der Waals surface area contributed by atoms with Crippen LogP contribution in [0.2, 0.25) is 0 Å². The number of rotatable bonds is 15. The van der Waals surface area contributed by atoms with E-state index in [-0.39, 0.29) is 0 Å². The second-order valence-electron chi connectivity index (χ2n) is 9.46. The number of unbranched alkanes of at least 4 members (excludes halogenated alkanes) is 9. The minimum absolute atomic E-state index is 0.471. The zero-order chi connectivity index (χ0) is 18.3. The van der Waals surface area contributed by atoms with E-state index in [4.69, 9.17) is 10.5 Å². The molecule has 0 saturated heterocycles. The summed E-state index contributed by atoms with van der Waals surface area (Å²) in [5.41, 5.74) is 0. The van der Waals surface area contributed by atoms with Crippen molar-refractivity contribution in [3.05, 3.63) is 0 Å². The summed E-state index contributed by atoms with van der Waals surface area (Å²) in [6.07, 6.45) is 13.4. The summed E-state index contributed by atoms with van der Waals surface area (Å²) in [7, 11) is 7.86. The van der Waals surface area contributed by atoms with Gasteiger partial charge >= 0.3 is 0 Å². The van der Waals surface area contributed by atoms with E-state index in [0.717, 1.165) is 8.79 Å². The molecule has 24 heavy (non-hydrogen) atoms. The van der Waals surface area contributed by atoms with Gasteiger partial charge in [0.2, 0.25) is 0 Å². The first-order valence-electron chi connectivity index (χ1n) is 10.3. The summed E-state index contributed by atoms with van der Waals surface area (Å²) in [4.78, 5) is 0. The molecule has 138 valence electrons. The van der Waals surface area contributed by atoms with Gasteiger partial charge in [0.1, 0.15) is 0 Å². The predicted molar refractivity (Wildman–Crippen MR) is 108 cm³/mol. The lowest BCUT2D eigenvalue weighted by Crippen LogP contribution is -2.43. The Morgan fingerprint density at radius 1 is 0.542 bits per heavy atom. The van der Waals surface area contributed by atoms with Gasteiger partial charge in [-0.1, -0.05) is 50.5 Å². The molecule has 0 unspecified atom stereocenters. The maximum atomic E-state index is 8.82. The summed E-state index contributed by atoms with van der Waals surface area (Å²) in [5, 5.41) is 17.6. The van der Waals surface area contributed by atoms with E-state index in [1.54, 1.807) is 0 Å². The monoisotopic (exact) mass is 334 g/mol. The number of nitrogens with zero attached hydrogens (tertiary/aromatic N) is 4. The Bertz CT molecular complexity index is 359. The third-order valence-corrected chi connectivity index (χ3v) is 5.32. The normalized spacial score (nSPS) is 11.9. The molecule has 0 fully saturated rings. The van der Waals surface area contributed by atoms with Gasteiger partial charge in [0.15, 0.2) is 0 Å². The second-order valence-corrected chi connectivity index (χ2v) is 9.46. The van der Waals surface area contributed by atoms with Crippen LogP contribution in [-0.4, -0.2) is 64.9 Å². The smallest absolute Gasteiger partial charge is 0.281 e. The molecule has 0 heterocycles. The lowest BCUT2D eigenvalue weighted by molar-refractivity contribution is -0.777. The van der Waals surface area contributed by atoms with E-state index in [1.807, 2.05) is 0 Å². The van der Waals surface area contributed by atoms with Crippen LogP contribution < -0.4 is 0 Å². The third kappa shape index (κ3) is 14.6. The van der Waals surface area contributed by atoms with Crippen molar-refractivity contribution in [3.8, 4) is 11.9 Å². The Morgan fingerprint density at radius 3 is 1.04 bits per heavy atom. The molecule has 0 aliphatic carbocycles. The highest BCUT2D eigenvalue weighted by atomic mass is 15.2. The van der Waals surface area contributed by atoms with Crippen LogP contribution in [0.5, 0.6) is 0 Å². The topological polar surface area (TPSA) is 47.6 Å². The van der Waals surface area contributed by atoms with Crippen LogP contribution in [0.1, 0.15) is 64.2 Å². The molecule has 0 spiro atoms. The Kier molecular flexibility index (Phi) is 12.8. The van der Waals surface area contributed by atoms with Crippen LogP contribution >= 0.6 is 0 Å². The van der Waals surface area contributed by atoms with Crippen LogP contribution in [0.25, 0.3) is 0 Å². The van der Waals surface area contributed by atoms with Crippen molar-refractivity contribution in [2.75, 3.05) is 41.3 Å². The summed E-state index contributed by atoms with van der Waals surface area (Å²) >= 11 is 0. The fraction of sp³-hybridized carbons (Fsp3) is 0.889. The standard InChI is InChI=1S/C18H40B2N4/c1-23(2,19-17-21)15-13-11-9-7-5-6-8-10-12-14-16-24(3,4)20-18-22/h5-16,19-20H2,1-4H3. The van der Waals surface area contributed by atoms with Crippen molar-refractivity contribution < 1.29 is 8.79 Å². The van der Waals surface area contributed by atoms with Crippen molar-refractivity contribution in [2.24, 2.45) is 0 Å². The minimum Gasteiger partial charge on any atom is -0.513 e. The van der Waals surface area contributed by atoms with Gasteiger partial charge in [-0.25, -0.2) is 10.5 Å². The van der Waals surface area contributed by atoms with E-state index in [0.29, 0.717) is 0 Å². The number of nitriles is 2. The van der Waals surface area contributed by atoms with E-state index in [9.17, 15) is 0 Å². The van der Waals surface area contributed by atoms with Gasteiger partial charge in [-0.15, -0.1) is 0 Å². The van der Waals surface area contributed by atoms with Gasteiger partial charge in [0, 0.05) is 41.3 Å². The molecule has 4 nitrogen and oxygen atoms in total. The highest BCUT2D eigenvalue weighted by Crippen LogP contribution is 2.12. The number of hydrogen-bond donors (Lipinski definition) is 0. The highest BCUT2D eigenvalue weighted by Gasteiger charge is 2.07. The molecule has 0 amide bonds. The van der Waals surface area contributed by atoms with Gasteiger partial charge in [0.25, 0.3) is 14.8 Å². The van der Waals surface area contributed by atoms with Crippen LogP contribution in [0, 0.1) is 22.5 Å². The van der Waals surface area contributed by atoms with E-state index < -0.39 is 14.8 Å². The molecule has 0 rings (SSSR count). The largest absolute Gasteiger partial charge is 0.513 e. The van der Waals surface area contributed by atoms with Crippen LogP contribution in [0.4, 0.5) is 0 Å². The van der Waals surface area contributed by atoms with E-state index >= 15 is 0 Å². The molecule has 0 N–H and O–H groups in total. The van der Waals surface area contributed by atoms with Crippen molar-refractivity contribution in [3.63, 3.8) is 0 Å².